The summed E-state index contributed by atoms with van der Waals surface area (Å²) in [7, 11) is 1.31. The summed E-state index contributed by atoms with van der Waals surface area (Å²) >= 11 is 1.10. The van der Waals surface area contributed by atoms with Gasteiger partial charge in [-0.1, -0.05) is 42.5 Å². The number of hydrogen-bond donors (Lipinski definition) is 0. The first-order chi connectivity index (χ1) is 16.5. The van der Waals surface area contributed by atoms with Crippen LogP contribution in [-0.2, 0) is 16.0 Å². The van der Waals surface area contributed by atoms with Crippen molar-refractivity contribution in [3.8, 4) is 6.07 Å². The number of hydrogen-bond acceptors (Lipinski definition) is 7. The van der Waals surface area contributed by atoms with E-state index in [0.29, 0.717) is 52.1 Å². The standard InChI is InChI=1S/C26H24N2O5S/c1-3-33-15-7-14-28-24(30)22(16-18-10-12-20(13-11-18)26(31)32-2)34-25(28)21(17-27)23(29)19-8-5-4-6-9-19/h4-6,8-13,16H,3,7,14-15H2,1-2H3/b22-16-,25-21-. The molecule has 0 unspecified atom stereocenters. The van der Waals surface area contributed by atoms with E-state index in [1.165, 1.54) is 11.7 Å². The van der Waals surface area contributed by atoms with E-state index in [-0.39, 0.29) is 11.1 Å². The first-order valence-corrected chi connectivity index (χ1v) is 11.5. The highest BCUT2D eigenvalue weighted by Gasteiger charge is 2.17. The molecule has 1 heterocycles. The van der Waals surface area contributed by atoms with E-state index in [4.69, 9.17) is 9.47 Å². The van der Waals surface area contributed by atoms with E-state index in [1.807, 2.05) is 13.0 Å². The van der Waals surface area contributed by atoms with Crippen LogP contribution in [-0.4, -0.2) is 36.6 Å². The number of ether oxygens (including phenoxy) is 2. The third-order valence-corrected chi connectivity index (χ3v) is 6.13. The van der Waals surface area contributed by atoms with Crippen molar-refractivity contribution in [2.45, 2.75) is 19.9 Å². The summed E-state index contributed by atoms with van der Waals surface area (Å²) < 4.78 is 12.3. The van der Waals surface area contributed by atoms with Gasteiger partial charge in [-0.05, 0) is 37.1 Å². The summed E-state index contributed by atoms with van der Waals surface area (Å²) in [5, 5.41) is 9.85. The minimum absolute atomic E-state index is 0.0783. The molecule has 0 spiro atoms. The van der Waals surface area contributed by atoms with Crippen molar-refractivity contribution in [2.24, 2.45) is 0 Å². The van der Waals surface area contributed by atoms with Crippen molar-refractivity contribution in [3.63, 3.8) is 0 Å². The molecule has 7 nitrogen and oxygen atoms in total. The summed E-state index contributed by atoms with van der Waals surface area (Å²) in [5.74, 6) is -0.883. The average molecular weight is 477 g/mol. The van der Waals surface area contributed by atoms with Crippen LogP contribution in [0.25, 0.3) is 11.6 Å². The summed E-state index contributed by atoms with van der Waals surface area (Å²) in [6.07, 6.45) is 2.24. The number of Topliss-reactive ketones (excluding diaryl/α,β-unsaturated/α-hetero) is 1. The lowest BCUT2D eigenvalue weighted by Crippen LogP contribution is -2.33. The Labute approximate surface area is 200 Å². The Bertz CT molecular complexity index is 1380. The van der Waals surface area contributed by atoms with E-state index in [1.54, 1.807) is 60.7 Å². The van der Waals surface area contributed by atoms with Gasteiger partial charge in [0.05, 0.1) is 17.2 Å². The van der Waals surface area contributed by atoms with Crippen LogP contribution in [0.2, 0.25) is 0 Å². The summed E-state index contributed by atoms with van der Waals surface area (Å²) in [5.41, 5.74) is 1.11. The molecule has 0 bridgehead atoms. The van der Waals surface area contributed by atoms with E-state index in [9.17, 15) is 19.6 Å². The normalized spacial score (nSPS) is 12.2. The summed E-state index contributed by atoms with van der Waals surface area (Å²) in [6, 6.07) is 17.2. The van der Waals surface area contributed by atoms with E-state index >= 15 is 0 Å². The molecule has 2 aromatic carbocycles. The maximum atomic E-state index is 13.3. The minimum atomic E-state index is -0.450. The predicted octanol–water partition coefficient (Wildman–Crippen LogP) is 2.51. The van der Waals surface area contributed by atoms with Crippen LogP contribution in [0.4, 0.5) is 0 Å². The molecule has 0 saturated heterocycles. The Morgan fingerprint density at radius 3 is 2.41 bits per heavy atom. The Hall–Kier alpha value is -3.80. The first-order valence-electron chi connectivity index (χ1n) is 10.7. The number of carbonyl (C=O) groups is 2. The number of nitriles is 1. The molecule has 0 aliphatic carbocycles. The molecule has 0 atom stereocenters. The molecule has 0 aliphatic rings. The Balaban J connectivity index is 2.14. The number of carbonyl (C=O) groups excluding carboxylic acids is 2. The van der Waals surface area contributed by atoms with Gasteiger partial charge in [0, 0.05) is 25.3 Å². The second-order valence-corrected chi connectivity index (χ2v) is 8.25. The third kappa shape index (κ3) is 5.76. The molecular formula is C26H24N2O5S. The lowest BCUT2D eigenvalue weighted by atomic mass is 10.1. The fourth-order valence-electron chi connectivity index (χ4n) is 3.29. The quantitative estimate of drug-likeness (QED) is 0.267. The number of nitrogens with zero attached hydrogens (tertiary/aromatic N) is 2. The van der Waals surface area contributed by atoms with Gasteiger partial charge in [0.2, 0.25) is 5.78 Å². The van der Waals surface area contributed by atoms with Gasteiger partial charge in [-0.3, -0.25) is 14.2 Å². The van der Waals surface area contributed by atoms with Crippen molar-refractivity contribution in [1.29, 1.82) is 5.26 Å². The SMILES string of the molecule is CCOCCCn1c(=O)/c(=C/c2ccc(C(=O)OC)cc2)s/c1=C(/C#N)C(=O)c1ccccc1. The van der Waals surface area contributed by atoms with Gasteiger partial charge in [-0.15, -0.1) is 11.3 Å². The van der Waals surface area contributed by atoms with Crippen molar-refractivity contribution in [2.75, 3.05) is 20.3 Å². The lowest BCUT2D eigenvalue weighted by molar-refractivity contribution is 0.0600. The number of esters is 1. The van der Waals surface area contributed by atoms with Crippen LogP contribution < -0.4 is 14.8 Å². The van der Waals surface area contributed by atoms with Gasteiger partial charge < -0.3 is 9.47 Å². The first kappa shape index (κ1) is 24.8. The Kier molecular flexibility index (Phi) is 8.68. The number of ketones is 1. The average Bonchev–Trinajstić information content (AvgIpc) is 3.17. The molecule has 3 aromatic rings. The van der Waals surface area contributed by atoms with Crippen LogP contribution in [0.3, 0.4) is 0 Å². The molecule has 174 valence electrons. The fraction of sp³-hybridized carbons (Fsp3) is 0.231. The molecular weight excluding hydrogens is 452 g/mol. The molecule has 0 N–H and O–H groups in total. The van der Waals surface area contributed by atoms with Gasteiger partial charge in [0.25, 0.3) is 5.56 Å². The van der Waals surface area contributed by atoms with E-state index in [2.05, 4.69) is 0 Å². The highest BCUT2D eigenvalue weighted by atomic mass is 32.1. The second-order valence-electron chi connectivity index (χ2n) is 7.22. The lowest BCUT2D eigenvalue weighted by Gasteiger charge is -2.04. The van der Waals surface area contributed by atoms with Crippen LogP contribution in [0.5, 0.6) is 0 Å². The zero-order chi connectivity index (χ0) is 24.5. The third-order valence-electron chi connectivity index (χ3n) is 5.00. The van der Waals surface area contributed by atoms with Gasteiger partial charge in [0.1, 0.15) is 16.3 Å². The van der Waals surface area contributed by atoms with Gasteiger partial charge in [-0.2, -0.15) is 5.26 Å². The molecule has 34 heavy (non-hydrogen) atoms. The molecule has 8 heteroatoms. The maximum absolute atomic E-state index is 13.3. The van der Waals surface area contributed by atoms with Gasteiger partial charge >= 0.3 is 5.97 Å². The zero-order valence-electron chi connectivity index (χ0n) is 18.9. The van der Waals surface area contributed by atoms with Crippen molar-refractivity contribution >= 4 is 34.7 Å². The Morgan fingerprint density at radius 2 is 1.79 bits per heavy atom. The largest absolute Gasteiger partial charge is 0.465 e. The number of rotatable bonds is 9. The van der Waals surface area contributed by atoms with Gasteiger partial charge in [-0.25, -0.2) is 4.79 Å². The zero-order valence-corrected chi connectivity index (χ0v) is 19.8. The summed E-state index contributed by atoms with van der Waals surface area (Å²) in [4.78, 5) is 38.0. The van der Waals surface area contributed by atoms with Crippen LogP contribution in [0.1, 0.15) is 39.6 Å². The topological polar surface area (TPSA) is 98.4 Å². The molecule has 3 rings (SSSR count). The highest BCUT2D eigenvalue weighted by Crippen LogP contribution is 2.09. The summed E-state index contributed by atoms with van der Waals surface area (Å²) in [6.45, 7) is 3.22. The Morgan fingerprint density at radius 1 is 1.09 bits per heavy atom. The van der Waals surface area contributed by atoms with Crippen molar-refractivity contribution in [3.05, 3.63) is 90.8 Å². The molecule has 0 aliphatic heterocycles. The van der Waals surface area contributed by atoms with Crippen LogP contribution in [0, 0.1) is 11.3 Å². The second kappa shape index (κ2) is 11.9. The number of aromatic nitrogens is 1. The smallest absolute Gasteiger partial charge is 0.337 e. The molecule has 0 saturated carbocycles. The van der Waals surface area contributed by atoms with E-state index < -0.39 is 11.8 Å². The van der Waals surface area contributed by atoms with Crippen molar-refractivity contribution < 1.29 is 19.1 Å². The highest BCUT2D eigenvalue weighted by molar-refractivity contribution is 7.07. The number of benzene rings is 2. The van der Waals surface area contributed by atoms with Crippen LogP contribution >= 0.6 is 11.3 Å². The van der Waals surface area contributed by atoms with Crippen LogP contribution in [0.15, 0.2) is 59.4 Å². The van der Waals surface area contributed by atoms with E-state index in [0.717, 1.165) is 11.3 Å². The van der Waals surface area contributed by atoms with Gasteiger partial charge in [0.15, 0.2) is 0 Å². The maximum Gasteiger partial charge on any atom is 0.337 e. The number of thiazole rings is 1. The molecule has 1 aromatic heterocycles. The minimum Gasteiger partial charge on any atom is -0.465 e. The predicted molar refractivity (Wildman–Crippen MR) is 130 cm³/mol. The monoisotopic (exact) mass is 476 g/mol. The van der Waals surface area contributed by atoms with Crippen molar-refractivity contribution in [1.82, 2.24) is 4.57 Å². The number of methoxy groups -OCH3 is 1. The molecule has 0 fully saturated rings. The molecule has 0 amide bonds. The molecule has 0 radical (unpaired) electrons. The fourth-order valence-corrected chi connectivity index (χ4v) is 4.42.